The number of rotatable bonds is 0. The summed E-state index contributed by atoms with van der Waals surface area (Å²) in [7, 11) is -5.17. The predicted octanol–water partition coefficient (Wildman–Crippen LogP) is -1.52. The van der Waals surface area contributed by atoms with E-state index in [9.17, 15) is 0 Å². The standard InChI is InChI=1S/Cu.Fe.H2O4S.H2O/c;;1-5(2,3)4;/h;;(H2,1,2,3,4);1H2/q+2;;;/p-3. The Morgan fingerprint density at radius 3 is 1.12 bits per heavy atom. The molecule has 8 heavy (non-hydrogen) atoms. The minimum Gasteiger partial charge on any atom is -0.870 e. The average molecular weight is 232 g/mol. The second-order valence-corrected chi connectivity index (χ2v) is 1.22. The molecule has 0 heterocycles. The van der Waals surface area contributed by atoms with E-state index in [0.717, 1.165) is 0 Å². The van der Waals surface area contributed by atoms with Crippen LogP contribution in [0.25, 0.3) is 0 Å². The third kappa shape index (κ3) is 313. The molecule has 0 saturated carbocycles. The van der Waals surface area contributed by atoms with Crippen LogP contribution in [0.1, 0.15) is 0 Å². The molecular weight excluding hydrogens is 231 g/mol. The molecule has 0 saturated heterocycles. The fourth-order valence-electron chi connectivity index (χ4n) is 0. The molecule has 0 amide bonds. The number of hydrogen-bond donors (Lipinski definition) is 0. The molecule has 0 aliphatic carbocycles. The molecule has 8 heteroatoms. The molecule has 0 aromatic rings. The Morgan fingerprint density at radius 1 is 1.12 bits per heavy atom. The molecule has 0 atom stereocenters. The van der Waals surface area contributed by atoms with Crippen molar-refractivity contribution in [1.82, 2.24) is 0 Å². The van der Waals surface area contributed by atoms with E-state index < -0.39 is 10.4 Å². The molecule has 1 N–H and O–H groups in total. The maximum absolute atomic E-state index is 8.52. The van der Waals surface area contributed by atoms with Crippen molar-refractivity contribution in [2.45, 2.75) is 0 Å². The minimum absolute atomic E-state index is 0. The fourth-order valence-corrected chi connectivity index (χ4v) is 0. The smallest absolute Gasteiger partial charge is 0.870 e. The van der Waals surface area contributed by atoms with E-state index >= 15 is 0 Å². The molecule has 0 aliphatic heterocycles. The second kappa shape index (κ2) is 7.87. The largest absolute Gasteiger partial charge is 2.00 e. The Hall–Kier alpha value is 0.869. The van der Waals surface area contributed by atoms with Crippen LogP contribution >= 0.6 is 0 Å². The van der Waals surface area contributed by atoms with Gasteiger partial charge in [-0.2, -0.15) is 0 Å². The third-order valence-electron chi connectivity index (χ3n) is 0. The fraction of sp³-hybridized carbons (Fsp3) is 0. The maximum Gasteiger partial charge on any atom is 2.00 e. The van der Waals surface area contributed by atoms with Crippen molar-refractivity contribution in [3.8, 4) is 0 Å². The minimum atomic E-state index is -5.17. The van der Waals surface area contributed by atoms with Crippen molar-refractivity contribution in [3.63, 3.8) is 0 Å². The SMILES string of the molecule is O=S(=O)([O-])[O-].[Cu+2].[Fe].[OH-]. The molecule has 1 radical (unpaired) electrons. The Balaban J connectivity index is -0.0000000267. The predicted molar refractivity (Wildman–Crippen MR) is 12.4 cm³/mol. The molecule has 0 aromatic heterocycles. The van der Waals surface area contributed by atoms with Gasteiger partial charge in [0.25, 0.3) is 0 Å². The zero-order chi connectivity index (χ0) is 4.50. The van der Waals surface area contributed by atoms with Crippen molar-refractivity contribution < 1.29 is 57.1 Å². The van der Waals surface area contributed by atoms with Gasteiger partial charge in [-0.3, -0.25) is 8.42 Å². The van der Waals surface area contributed by atoms with Crippen molar-refractivity contribution in [1.29, 1.82) is 0 Å². The van der Waals surface area contributed by atoms with Crippen LogP contribution in [-0.2, 0) is 44.5 Å². The normalized spacial score (nSPS) is 7.25. The van der Waals surface area contributed by atoms with Gasteiger partial charge in [0.15, 0.2) is 0 Å². The summed E-state index contributed by atoms with van der Waals surface area (Å²) >= 11 is 0. The van der Waals surface area contributed by atoms with Crippen LogP contribution in [-0.4, -0.2) is 23.0 Å². The summed E-state index contributed by atoms with van der Waals surface area (Å²) in [4.78, 5) is 0. The van der Waals surface area contributed by atoms with Gasteiger partial charge in [-0.15, -0.1) is 0 Å². The Bertz CT molecular complexity index is 95.6. The van der Waals surface area contributed by atoms with Crippen molar-refractivity contribution in [2.24, 2.45) is 0 Å². The molecular formula is HCuFeO5S-. The summed E-state index contributed by atoms with van der Waals surface area (Å²) in [6, 6.07) is 0. The maximum atomic E-state index is 8.52. The van der Waals surface area contributed by atoms with Gasteiger partial charge in [-0.25, -0.2) is 0 Å². The molecule has 0 fully saturated rings. The summed E-state index contributed by atoms with van der Waals surface area (Å²) < 4.78 is 34.1. The molecule has 5 nitrogen and oxygen atoms in total. The van der Waals surface area contributed by atoms with Gasteiger partial charge in [0, 0.05) is 27.5 Å². The van der Waals surface area contributed by atoms with Gasteiger partial charge in [0.2, 0.25) is 0 Å². The van der Waals surface area contributed by atoms with E-state index in [1.807, 2.05) is 0 Å². The number of hydrogen-bond acceptors (Lipinski definition) is 5. The van der Waals surface area contributed by atoms with Crippen LogP contribution in [0.15, 0.2) is 0 Å². The molecule has 0 spiro atoms. The van der Waals surface area contributed by atoms with E-state index in [2.05, 4.69) is 0 Å². The van der Waals surface area contributed by atoms with Crippen LogP contribution in [0.4, 0.5) is 0 Å². The Kier molecular flexibility index (Phi) is 22.8. The van der Waals surface area contributed by atoms with Gasteiger partial charge in [0.1, 0.15) is 0 Å². The first kappa shape index (κ1) is 23.2. The Labute approximate surface area is 67.7 Å². The molecule has 0 bridgehead atoms. The zero-order valence-electron chi connectivity index (χ0n) is 3.14. The summed E-state index contributed by atoms with van der Waals surface area (Å²) in [6.07, 6.45) is 0. The zero-order valence-corrected chi connectivity index (χ0v) is 6.01. The van der Waals surface area contributed by atoms with Gasteiger partial charge < -0.3 is 14.6 Å². The molecule has 0 aromatic carbocycles. The summed E-state index contributed by atoms with van der Waals surface area (Å²) in [5.41, 5.74) is 0. The first-order valence-corrected chi connectivity index (χ1v) is 2.00. The van der Waals surface area contributed by atoms with E-state index in [-0.39, 0.29) is 39.6 Å². The topological polar surface area (TPSA) is 110 Å². The van der Waals surface area contributed by atoms with E-state index in [0.29, 0.717) is 0 Å². The van der Waals surface area contributed by atoms with Crippen LogP contribution < -0.4 is 0 Å². The monoisotopic (exact) mass is 232 g/mol. The first-order chi connectivity index (χ1) is 2.00. The van der Waals surface area contributed by atoms with Gasteiger partial charge >= 0.3 is 17.1 Å². The third-order valence-corrected chi connectivity index (χ3v) is 0. The quantitative estimate of drug-likeness (QED) is 0.286. The molecule has 0 aliphatic rings. The van der Waals surface area contributed by atoms with Crippen LogP contribution in [0.2, 0.25) is 0 Å². The van der Waals surface area contributed by atoms with Crippen LogP contribution in [0.3, 0.4) is 0 Å². The van der Waals surface area contributed by atoms with Crippen molar-refractivity contribution >= 4 is 10.4 Å². The van der Waals surface area contributed by atoms with Crippen LogP contribution in [0.5, 0.6) is 0 Å². The van der Waals surface area contributed by atoms with Crippen molar-refractivity contribution in [2.75, 3.05) is 0 Å². The van der Waals surface area contributed by atoms with Gasteiger partial charge in [-0.05, 0) is 0 Å². The summed E-state index contributed by atoms with van der Waals surface area (Å²) in [6.45, 7) is 0. The average Bonchev–Trinajstić information content (AvgIpc) is 0.722. The van der Waals surface area contributed by atoms with E-state index in [1.165, 1.54) is 0 Å². The second-order valence-electron chi connectivity index (χ2n) is 0.408. The first-order valence-electron chi connectivity index (χ1n) is 0.667. The van der Waals surface area contributed by atoms with Gasteiger partial charge in [0.05, 0.1) is 0 Å². The molecule has 57 valence electrons. The molecule has 0 rings (SSSR count). The van der Waals surface area contributed by atoms with E-state index in [1.54, 1.807) is 0 Å². The van der Waals surface area contributed by atoms with Gasteiger partial charge in [-0.1, -0.05) is 0 Å². The summed E-state index contributed by atoms with van der Waals surface area (Å²) in [5, 5.41) is 0. The van der Waals surface area contributed by atoms with Crippen LogP contribution in [0, 0.1) is 0 Å². The van der Waals surface area contributed by atoms with Crippen molar-refractivity contribution in [3.05, 3.63) is 0 Å². The molecule has 0 unspecified atom stereocenters. The van der Waals surface area contributed by atoms with E-state index in [4.69, 9.17) is 17.5 Å². The Morgan fingerprint density at radius 2 is 1.12 bits per heavy atom. The summed E-state index contributed by atoms with van der Waals surface area (Å²) in [5.74, 6) is 0.